The molecule has 0 radical (unpaired) electrons. The van der Waals surface area contributed by atoms with Crippen LogP contribution in [0.1, 0.15) is 32.3 Å². The highest BCUT2D eigenvalue weighted by Gasteiger charge is 2.25. The summed E-state index contributed by atoms with van der Waals surface area (Å²) >= 11 is 3.34. The molecule has 1 aliphatic heterocycles. The van der Waals surface area contributed by atoms with Gasteiger partial charge in [0, 0.05) is 42.1 Å². The molecule has 1 amide bonds. The monoisotopic (exact) mass is 574 g/mol. The van der Waals surface area contributed by atoms with E-state index in [2.05, 4.69) is 36.3 Å². The second-order valence-electron chi connectivity index (χ2n) is 6.15. The predicted molar refractivity (Wildman–Crippen MR) is 119 cm³/mol. The van der Waals surface area contributed by atoms with Crippen molar-refractivity contribution in [2.45, 2.75) is 45.9 Å². The third-order valence-electron chi connectivity index (χ3n) is 4.17. The summed E-state index contributed by atoms with van der Waals surface area (Å²) in [5, 5.41) is 6.46. The summed E-state index contributed by atoms with van der Waals surface area (Å²) in [6, 6.07) is 4.96. The fraction of sp³-hybridized carbons (Fsp3) is 0.556. The van der Waals surface area contributed by atoms with Gasteiger partial charge in [-0.3, -0.25) is 4.79 Å². The van der Waals surface area contributed by atoms with Crippen LogP contribution in [0.3, 0.4) is 0 Å². The molecule has 0 aromatic heterocycles. The van der Waals surface area contributed by atoms with Gasteiger partial charge in [-0.2, -0.15) is 8.78 Å². The number of nitrogens with zero attached hydrogens (tertiary/aromatic N) is 2. The highest BCUT2D eigenvalue weighted by Crippen LogP contribution is 2.25. The number of nitrogens with one attached hydrogen (secondary N) is 2. The number of aliphatic imine (C=N–C) groups is 1. The minimum Gasteiger partial charge on any atom is -0.434 e. The Bertz CT molecular complexity index is 679. The van der Waals surface area contributed by atoms with Crippen LogP contribution < -0.4 is 15.4 Å². The molecule has 1 fully saturated rings. The van der Waals surface area contributed by atoms with Gasteiger partial charge in [-0.05, 0) is 31.5 Å². The van der Waals surface area contributed by atoms with Crippen molar-refractivity contribution in [3.05, 3.63) is 28.2 Å². The van der Waals surface area contributed by atoms with E-state index in [4.69, 9.17) is 0 Å². The van der Waals surface area contributed by atoms with Gasteiger partial charge in [-0.1, -0.05) is 22.9 Å². The molecule has 1 heterocycles. The van der Waals surface area contributed by atoms with Crippen LogP contribution in [0.5, 0.6) is 5.75 Å². The molecule has 0 saturated carbocycles. The van der Waals surface area contributed by atoms with Crippen molar-refractivity contribution in [2.24, 2.45) is 4.99 Å². The lowest BCUT2D eigenvalue weighted by molar-refractivity contribution is -0.129. The largest absolute Gasteiger partial charge is 0.434 e. The van der Waals surface area contributed by atoms with Crippen LogP contribution in [0.25, 0.3) is 0 Å². The quantitative estimate of drug-likeness (QED) is 0.296. The molecule has 0 spiro atoms. The molecule has 1 aromatic carbocycles. The number of rotatable bonds is 7. The van der Waals surface area contributed by atoms with E-state index in [1.54, 1.807) is 12.1 Å². The standard InChI is InChI=1S/C18H25BrF2N4O2.HI/c1-3-16(26)25-8-7-14(11-25)24-18(22-4-2)23-10-12-9-13(19)5-6-15(12)27-17(20)21;/h5-6,9,14,17H,3-4,7-8,10-11H2,1-2H3,(H2,22,23,24);1H. The Balaban J connectivity index is 0.00000392. The number of benzene rings is 1. The number of likely N-dealkylation sites (tertiary alicyclic amines) is 1. The molecule has 28 heavy (non-hydrogen) atoms. The number of hydrogen-bond acceptors (Lipinski definition) is 3. The van der Waals surface area contributed by atoms with Crippen LogP contribution in [-0.4, -0.2) is 49.1 Å². The van der Waals surface area contributed by atoms with E-state index in [-0.39, 0.29) is 48.2 Å². The average molecular weight is 575 g/mol. The third-order valence-corrected chi connectivity index (χ3v) is 4.67. The van der Waals surface area contributed by atoms with Gasteiger partial charge in [0.25, 0.3) is 0 Å². The molecule has 158 valence electrons. The third kappa shape index (κ3) is 7.69. The first kappa shape index (κ1) is 24.9. The van der Waals surface area contributed by atoms with Crippen LogP contribution in [0.2, 0.25) is 0 Å². The normalized spacial score (nSPS) is 16.7. The molecule has 10 heteroatoms. The lowest BCUT2D eigenvalue weighted by Gasteiger charge is -2.19. The number of carbonyl (C=O) groups is 1. The second kappa shape index (κ2) is 12.4. The lowest BCUT2D eigenvalue weighted by atomic mass is 10.2. The van der Waals surface area contributed by atoms with Crippen molar-refractivity contribution in [3.8, 4) is 5.75 Å². The van der Waals surface area contributed by atoms with Gasteiger partial charge in [0.15, 0.2) is 5.96 Å². The van der Waals surface area contributed by atoms with Crippen LogP contribution >= 0.6 is 39.9 Å². The van der Waals surface area contributed by atoms with Crippen molar-refractivity contribution in [1.29, 1.82) is 0 Å². The first-order chi connectivity index (χ1) is 12.9. The number of amides is 1. The SMILES string of the molecule is CCNC(=NCc1cc(Br)ccc1OC(F)F)NC1CCN(C(=O)CC)C1.I. The molecule has 6 nitrogen and oxygen atoms in total. The Morgan fingerprint density at radius 2 is 2.18 bits per heavy atom. The molecule has 1 unspecified atom stereocenters. The van der Waals surface area contributed by atoms with Crippen LogP contribution in [0.4, 0.5) is 8.78 Å². The van der Waals surface area contributed by atoms with E-state index in [1.165, 1.54) is 6.07 Å². The average Bonchev–Trinajstić information content (AvgIpc) is 3.09. The molecule has 1 aliphatic rings. The molecule has 0 bridgehead atoms. The van der Waals surface area contributed by atoms with E-state index in [0.29, 0.717) is 31.0 Å². The Morgan fingerprint density at radius 1 is 1.43 bits per heavy atom. The summed E-state index contributed by atoms with van der Waals surface area (Å²) in [7, 11) is 0. The van der Waals surface area contributed by atoms with E-state index < -0.39 is 6.61 Å². The maximum atomic E-state index is 12.6. The Hall–Kier alpha value is -1.17. The van der Waals surface area contributed by atoms with Crippen molar-refractivity contribution < 1.29 is 18.3 Å². The van der Waals surface area contributed by atoms with Crippen molar-refractivity contribution in [1.82, 2.24) is 15.5 Å². The molecular weight excluding hydrogens is 549 g/mol. The van der Waals surface area contributed by atoms with Gasteiger partial charge in [0.1, 0.15) is 5.75 Å². The molecule has 0 aliphatic carbocycles. The number of hydrogen-bond donors (Lipinski definition) is 2. The Kier molecular flexibility index (Phi) is 11.0. The molecule has 1 aromatic rings. The zero-order valence-electron chi connectivity index (χ0n) is 15.9. The summed E-state index contributed by atoms with van der Waals surface area (Å²) in [5.74, 6) is 0.828. The number of guanidine groups is 1. The second-order valence-corrected chi connectivity index (χ2v) is 7.06. The van der Waals surface area contributed by atoms with Crippen LogP contribution in [0.15, 0.2) is 27.7 Å². The Labute approximate surface area is 189 Å². The van der Waals surface area contributed by atoms with Gasteiger partial charge in [-0.15, -0.1) is 24.0 Å². The van der Waals surface area contributed by atoms with E-state index in [1.807, 2.05) is 18.7 Å². The summed E-state index contributed by atoms with van der Waals surface area (Å²) in [6.07, 6.45) is 1.34. The molecule has 2 rings (SSSR count). The first-order valence-electron chi connectivity index (χ1n) is 8.98. The van der Waals surface area contributed by atoms with Gasteiger partial charge in [0.2, 0.25) is 5.91 Å². The van der Waals surface area contributed by atoms with E-state index >= 15 is 0 Å². The summed E-state index contributed by atoms with van der Waals surface area (Å²) in [6.45, 7) is 3.11. The number of halogens is 4. The number of alkyl halides is 2. The number of ether oxygens (including phenoxy) is 1. The van der Waals surface area contributed by atoms with E-state index in [0.717, 1.165) is 17.4 Å². The molecule has 1 atom stereocenters. The molecular formula is C18H26BrF2IN4O2. The van der Waals surface area contributed by atoms with Crippen LogP contribution in [-0.2, 0) is 11.3 Å². The smallest absolute Gasteiger partial charge is 0.387 e. The highest BCUT2D eigenvalue weighted by molar-refractivity contribution is 14.0. The summed E-state index contributed by atoms with van der Waals surface area (Å²) in [4.78, 5) is 18.1. The first-order valence-corrected chi connectivity index (χ1v) is 9.78. The fourth-order valence-electron chi connectivity index (χ4n) is 2.89. The zero-order chi connectivity index (χ0) is 19.8. The maximum Gasteiger partial charge on any atom is 0.387 e. The summed E-state index contributed by atoms with van der Waals surface area (Å²) in [5.41, 5.74) is 0.552. The molecule has 1 saturated heterocycles. The van der Waals surface area contributed by atoms with Crippen molar-refractivity contribution in [2.75, 3.05) is 19.6 Å². The van der Waals surface area contributed by atoms with Crippen molar-refractivity contribution in [3.63, 3.8) is 0 Å². The minimum atomic E-state index is -2.89. The maximum absolute atomic E-state index is 12.6. The lowest BCUT2D eigenvalue weighted by Crippen LogP contribution is -2.45. The number of carbonyl (C=O) groups excluding carboxylic acids is 1. The minimum absolute atomic E-state index is 0. The van der Waals surface area contributed by atoms with Crippen molar-refractivity contribution >= 4 is 51.8 Å². The van der Waals surface area contributed by atoms with Gasteiger partial charge >= 0.3 is 6.61 Å². The van der Waals surface area contributed by atoms with Crippen LogP contribution in [0, 0.1) is 0 Å². The van der Waals surface area contributed by atoms with Gasteiger partial charge in [-0.25, -0.2) is 4.99 Å². The fourth-order valence-corrected chi connectivity index (χ4v) is 3.30. The Morgan fingerprint density at radius 3 is 2.82 bits per heavy atom. The molecule has 2 N–H and O–H groups in total. The van der Waals surface area contributed by atoms with Gasteiger partial charge in [0.05, 0.1) is 6.54 Å². The topological polar surface area (TPSA) is 66.0 Å². The van der Waals surface area contributed by atoms with E-state index in [9.17, 15) is 13.6 Å². The summed E-state index contributed by atoms with van der Waals surface area (Å²) < 4.78 is 30.5. The predicted octanol–water partition coefficient (Wildman–Crippen LogP) is 3.73. The highest BCUT2D eigenvalue weighted by atomic mass is 127. The van der Waals surface area contributed by atoms with Gasteiger partial charge < -0.3 is 20.3 Å². The zero-order valence-corrected chi connectivity index (χ0v) is 19.8.